The molecule has 21 heavy (non-hydrogen) atoms. The van der Waals surface area contributed by atoms with Crippen LogP contribution in [0.2, 0.25) is 0 Å². The third kappa shape index (κ3) is 3.02. The van der Waals surface area contributed by atoms with Gasteiger partial charge in [0.05, 0.1) is 11.9 Å². The second-order valence-corrected chi connectivity index (χ2v) is 7.18. The van der Waals surface area contributed by atoms with Crippen molar-refractivity contribution in [1.29, 1.82) is 0 Å². The van der Waals surface area contributed by atoms with Crippen LogP contribution in [0.4, 0.5) is 5.82 Å². The van der Waals surface area contributed by atoms with Crippen molar-refractivity contribution in [2.75, 3.05) is 25.9 Å². The van der Waals surface area contributed by atoms with Gasteiger partial charge in [-0.3, -0.25) is 4.90 Å². The molecule has 0 bridgehead atoms. The predicted molar refractivity (Wildman–Crippen MR) is 88.7 cm³/mol. The van der Waals surface area contributed by atoms with Crippen LogP contribution in [0, 0.1) is 13.8 Å². The zero-order valence-electron chi connectivity index (χ0n) is 12.9. The van der Waals surface area contributed by atoms with Gasteiger partial charge in [0.15, 0.2) is 0 Å². The molecular weight excluding hydrogens is 282 g/mol. The minimum Gasteiger partial charge on any atom is -0.383 e. The Morgan fingerprint density at radius 3 is 2.90 bits per heavy atom. The Balaban J connectivity index is 1.77. The third-order valence-electron chi connectivity index (χ3n) is 4.21. The topological polar surface area (TPSA) is 67.1 Å². The summed E-state index contributed by atoms with van der Waals surface area (Å²) in [4.78, 5) is 13.8. The van der Waals surface area contributed by atoms with Crippen LogP contribution >= 0.6 is 11.3 Å². The lowest BCUT2D eigenvalue weighted by Gasteiger charge is -2.20. The van der Waals surface area contributed by atoms with Crippen LogP contribution in [0.3, 0.4) is 0 Å². The van der Waals surface area contributed by atoms with E-state index < -0.39 is 0 Å². The maximum Gasteiger partial charge on any atom is 0.146 e. The Morgan fingerprint density at radius 2 is 2.19 bits per heavy atom. The van der Waals surface area contributed by atoms with Crippen LogP contribution in [0.15, 0.2) is 0 Å². The highest BCUT2D eigenvalue weighted by Gasteiger charge is 2.18. The van der Waals surface area contributed by atoms with Crippen molar-refractivity contribution in [3.05, 3.63) is 16.3 Å². The van der Waals surface area contributed by atoms with E-state index in [2.05, 4.69) is 36.1 Å². The number of nitrogens with zero attached hydrogens (tertiary/aromatic N) is 3. The molecule has 114 valence electrons. The Hall–Kier alpha value is -1.24. The molecule has 1 aliphatic heterocycles. The average molecular weight is 305 g/mol. The number of anilines is 1. The summed E-state index contributed by atoms with van der Waals surface area (Å²) in [5, 5.41) is 4.55. The van der Waals surface area contributed by atoms with Crippen molar-refractivity contribution >= 4 is 27.4 Å². The lowest BCUT2D eigenvalue weighted by Crippen LogP contribution is -2.35. The van der Waals surface area contributed by atoms with Gasteiger partial charge in [-0.2, -0.15) is 0 Å². The Morgan fingerprint density at radius 1 is 1.38 bits per heavy atom. The van der Waals surface area contributed by atoms with Gasteiger partial charge in [-0.1, -0.05) is 0 Å². The first-order valence-electron chi connectivity index (χ1n) is 7.48. The molecule has 3 rings (SSSR count). The molecule has 0 aromatic carbocycles. The summed E-state index contributed by atoms with van der Waals surface area (Å²) < 4.78 is 0. The van der Waals surface area contributed by atoms with Gasteiger partial charge in [-0.15, -0.1) is 11.3 Å². The quantitative estimate of drug-likeness (QED) is 0.905. The molecule has 1 atom stereocenters. The third-order valence-corrected chi connectivity index (χ3v) is 5.31. The van der Waals surface area contributed by atoms with E-state index in [-0.39, 0.29) is 0 Å². The van der Waals surface area contributed by atoms with Crippen molar-refractivity contribution in [3.8, 4) is 0 Å². The summed E-state index contributed by atoms with van der Waals surface area (Å²) in [6.07, 6.45) is 2.54. The summed E-state index contributed by atoms with van der Waals surface area (Å²) in [5.74, 6) is 1.44. The molecule has 1 aliphatic rings. The molecule has 2 aromatic heterocycles. The van der Waals surface area contributed by atoms with E-state index in [0.717, 1.165) is 35.7 Å². The van der Waals surface area contributed by atoms with E-state index in [1.165, 1.54) is 23.3 Å². The van der Waals surface area contributed by atoms with Crippen LogP contribution in [-0.2, 0) is 6.54 Å². The van der Waals surface area contributed by atoms with Gasteiger partial charge >= 0.3 is 0 Å². The Labute approximate surface area is 129 Å². The maximum atomic E-state index is 6.14. The number of likely N-dealkylation sites (N-methyl/N-ethyl adjacent to an activating group) is 1. The molecule has 5 nitrogen and oxygen atoms in total. The number of hydrogen-bond donors (Lipinski definition) is 2. The standard InChI is InChI=1S/C15H23N5S/c1-9-10(2)21-15-13(9)14(16)18-12(19-15)8-20(3)7-11-5-4-6-17-11/h11,17H,4-8H2,1-3H3,(H2,16,18,19). The monoisotopic (exact) mass is 305 g/mol. The molecule has 0 radical (unpaired) electrons. The molecule has 3 heterocycles. The number of nitrogen functional groups attached to an aromatic ring is 1. The second kappa shape index (κ2) is 5.87. The molecule has 3 N–H and O–H groups in total. The lowest BCUT2D eigenvalue weighted by atomic mass is 10.2. The first kappa shape index (κ1) is 14.7. The zero-order chi connectivity index (χ0) is 15.0. The molecule has 1 fully saturated rings. The lowest BCUT2D eigenvalue weighted by molar-refractivity contribution is 0.287. The fraction of sp³-hybridized carbons (Fsp3) is 0.600. The minimum absolute atomic E-state index is 0.599. The molecule has 1 saturated heterocycles. The van der Waals surface area contributed by atoms with Gasteiger partial charge in [0.2, 0.25) is 0 Å². The predicted octanol–water partition coefficient (Wildman–Crippen LogP) is 2.07. The molecule has 0 saturated carbocycles. The minimum atomic E-state index is 0.599. The zero-order valence-corrected chi connectivity index (χ0v) is 13.8. The number of thiophene rings is 1. The van der Waals surface area contributed by atoms with Crippen LogP contribution in [0.25, 0.3) is 10.2 Å². The fourth-order valence-electron chi connectivity index (χ4n) is 2.99. The molecule has 0 aliphatic carbocycles. The normalized spacial score (nSPS) is 19.0. The van der Waals surface area contributed by atoms with Gasteiger partial charge in [0, 0.05) is 17.5 Å². The van der Waals surface area contributed by atoms with Crippen molar-refractivity contribution in [1.82, 2.24) is 20.2 Å². The molecule has 6 heteroatoms. The average Bonchev–Trinajstić information content (AvgIpc) is 2.99. The van der Waals surface area contributed by atoms with Gasteiger partial charge in [-0.05, 0) is 45.8 Å². The van der Waals surface area contributed by atoms with Crippen molar-refractivity contribution < 1.29 is 0 Å². The number of nitrogens with one attached hydrogen (secondary N) is 1. The van der Waals surface area contributed by atoms with Gasteiger partial charge in [-0.25, -0.2) is 9.97 Å². The van der Waals surface area contributed by atoms with Crippen molar-refractivity contribution in [2.45, 2.75) is 39.3 Å². The number of aryl methyl sites for hydroxylation is 2. The van der Waals surface area contributed by atoms with Crippen molar-refractivity contribution in [2.24, 2.45) is 0 Å². The number of fused-ring (bicyclic) bond motifs is 1. The summed E-state index contributed by atoms with van der Waals surface area (Å²) in [7, 11) is 2.12. The van der Waals surface area contributed by atoms with Crippen LogP contribution in [-0.4, -0.2) is 41.0 Å². The van der Waals surface area contributed by atoms with E-state index in [4.69, 9.17) is 10.7 Å². The second-order valence-electron chi connectivity index (χ2n) is 5.98. The number of hydrogen-bond acceptors (Lipinski definition) is 6. The van der Waals surface area contributed by atoms with Crippen LogP contribution in [0.1, 0.15) is 29.1 Å². The van der Waals surface area contributed by atoms with E-state index in [1.54, 1.807) is 11.3 Å². The van der Waals surface area contributed by atoms with E-state index in [9.17, 15) is 0 Å². The van der Waals surface area contributed by atoms with Crippen LogP contribution < -0.4 is 11.1 Å². The molecule has 0 spiro atoms. The first-order chi connectivity index (χ1) is 10.0. The Bertz CT molecular complexity index is 645. The molecule has 0 amide bonds. The van der Waals surface area contributed by atoms with Gasteiger partial charge < -0.3 is 11.1 Å². The van der Waals surface area contributed by atoms with Crippen LogP contribution in [0.5, 0.6) is 0 Å². The summed E-state index contributed by atoms with van der Waals surface area (Å²) in [6.45, 7) is 7.11. The number of rotatable bonds is 4. The highest BCUT2D eigenvalue weighted by atomic mass is 32.1. The highest BCUT2D eigenvalue weighted by molar-refractivity contribution is 7.18. The molecule has 1 unspecified atom stereocenters. The smallest absolute Gasteiger partial charge is 0.146 e. The summed E-state index contributed by atoms with van der Waals surface area (Å²) in [5.41, 5.74) is 7.35. The Kier molecular flexibility index (Phi) is 4.10. The van der Waals surface area contributed by atoms with E-state index in [0.29, 0.717) is 11.9 Å². The summed E-state index contributed by atoms with van der Waals surface area (Å²) >= 11 is 1.71. The van der Waals surface area contributed by atoms with E-state index in [1.807, 2.05) is 0 Å². The number of aromatic nitrogens is 2. The SMILES string of the molecule is Cc1sc2nc(CN(C)CC3CCCN3)nc(N)c2c1C. The summed E-state index contributed by atoms with van der Waals surface area (Å²) in [6, 6.07) is 0.599. The largest absolute Gasteiger partial charge is 0.383 e. The van der Waals surface area contributed by atoms with Gasteiger partial charge in [0.1, 0.15) is 16.5 Å². The maximum absolute atomic E-state index is 6.14. The van der Waals surface area contributed by atoms with Gasteiger partial charge in [0.25, 0.3) is 0 Å². The first-order valence-corrected chi connectivity index (χ1v) is 8.30. The van der Waals surface area contributed by atoms with E-state index >= 15 is 0 Å². The molecular formula is C15H23N5S. The highest BCUT2D eigenvalue weighted by Crippen LogP contribution is 2.31. The number of nitrogens with two attached hydrogens (primary N) is 1. The van der Waals surface area contributed by atoms with Crippen molar-refractivity contribution in [3.63, 3.8) is 0 Å². The molecule has 2 aromatic rings. The fourth-order valence-corrected chi connectivity index (χ4v) is 4.05.